The maximum Gasteiger partial charge on any atom is 0.220 e. The van der Waals surface area contributed by atoms with Crippen molar-refractivity contribution in [2.45, 2.75) is 44.8 Å². The first-order valence-electron chi connectivity index (χ1n) is 8.77. The molecule has 4 nitrogen and oxygen atoms in total. The van der Waals surface area contributed by atoms with Gasteiger partial charge in [-0.25, -0.2) is 4.39 Å². The molecule has 1 aliphatic heterocycles. The van der Waals surface area contributed by atoms with Gasteiger partial charge in [0.1, 0.15) is 22.9 Å². The first-order chi connectivity index (χ1) is 12.4. The molecule has 26 heavy (non-hydrogen) atoms. The van der Waals surface area contributed by atoms with Crippen LogP contribution in [-0.4, -0.2) is 18.6 Å². The van der Waals surface area contributed by atoms with Crippen molar-refractivity contribution in [3.05, 3.63) is 59.4 Å². The quantitative estimate of drug-likeness (QED) is 0.873. The minimum Gasteiger partial charge on any atom is -0.497 e. The molecule has 0 aliphatic carbocycles. The molecule has 138 valence electrons. The van der Waals surface area contributed by atoms with E-state index in [2.05, 4.69) is 5.32 Å². The highest BCUT2D eigenvalue weighted by molar-refractivity contribution is 5.77. The Balaban J connectivity index is 1.70. The first kappa shape index (κ1) is 18.2. The van der Waals surface area contributed by atoms with Crippen molar-refractivity contribution in [1.29, 1.82) is 0 Å². The van der Waals surface area contributed by atoms with E-state index < -0.39 is 0 Å². The second-order valence-electron chi connectivity index (χ2n) is 7.22. The van der Waals surface area contributed by atoms with Crippen LogP contribution in [0.5, 0.6) is 11.5 Å². The van der Waals surface area contributed by atoms with Crippen LogP contribution < -0.4 is 14.8 Å². The van der Waals surface area contributed by atoms with Crippen molar-refractivity contribution in [2.75, 3.05) is 7.11 Å². The molecule has 0 bridgehead atoms. The molecule has 0 fully saturated rings. The highest BCUT2D eigenvalue weighted by atomic mass is 19.1. The van der Waals surface area contributed by atoms with E-state index in [0.717, 1.165) is 22.6 Å². The molecule has 1 N–H and O–H groups in total. The molecule has 0 unspecified atom stereocenters. The van der Waals surface area contributed by atoms with Crippen LogP contribution in [-0.2, 0) is 11.2 Å². The number of methoxy groups -OCH3 is 1. The fourth-order valence-corrected chi connectivity index (χ4v) is 3.26. The van der Waals surface area contributed by atoms with Gasteiger partial charge >= 0.3 is 0 Å². The summed E-state index contributed by atoms with van der Waals surface area (Å²) in [4.78, 5) is 12.5. The standard InChI is InChI=1S/C21H24FNO3/c1-21(2)13-18(17-12-16(25-3)9-10-19(17)26-21)23-20(24)11-6-14-4-7-15(22)8-5-14/h4-5,7-10,12,18H,6,11,13H2,1-3H3,(H,23,24)/t18-/m0/s1. The Morgan fingerprint density at radius 3 is 2.69 bits per heavy atom. The minimum absolute atomic E-state index is 0.0363. The van der Waals surface area contributed by atoms with E-state index in [0.29, 0.717) is 19.3 Å². The van der Waals surface area contributed by atoms with Crippen molar-refractivity contribution >= 4 is 5.91 Å². The van der Waals surface area contributed by atoms with E-state index in [1.165, 1.54) is 12.1 Å². The Labute approximate surface area is 153 Å². The third-order valence-electron chi connectivity index (χ3n) is 4.56. The fraction of sp³-hybridized carbons (Fsp3) is 0.381. The maximum absolute atomic E-state index is 13.0. The predicted octanol–water partition coefficient (Wildman–Crippen LogP) is 4.19. The van der Waals surface area contributed by atoms with Crippen molar-refractivity contribution in [2.24, 2.45) is 0 Å². The lowest BCUT2D eigenvalue weighted by Gasteiger charge is -2.38. The average Bonchev–Trinajstić information content (AvgIpc) is 2.60. The van der Waals surface area contributed by atoms with Gasteiger partial charge in [0, 0.05) is 18.4 Å². The summed E-state index contributed by atoms with van der Waals surface area (Å²) in [5.41, 5.74) is 1.51. The minimum atomic E-state index is -0.365. The van der Waals surface area contributed by atoms with Gasteiger partial charge in [0.05, 0.1) is 13.2 Å². The molecular formula is C21H24FNO3. The molecule has 0 spiro atoms. The van der Waals surface area contributed by atoms with E-state index in [-0.39, 0.29) is 23.4 Å². The van der Waals surface area contributed by atoms with Crippen LogP contribution in [0.15, 0.2) is 42.5 Å². The van der Waals surface area contributed by atoms with Crippen LogP contribution in [0.1, 0.15) is 43.9 Å². The highest BCUT2D eigenvalue weighted by Crippen LogP contribution is 2.41. The molecule has 1 atom stereocenters. The lowest BCUT2D eigenvalue weighted by atomic mass is 9.89. The second-order valence-corrected chi connectivity index (χ2v) is 7.22. The summed E-state index contributed by atoms with van der Waals surface area (Å²) in [6, 6.07) is 11.8. The third kappa shape index (κ3) is 4.34. The van der Waals surface area contributed by atoms with E-state index >= 15 is 0 Å². The molecule has 1 heterocycles. The molecule has 0 radical (unpaired) electrons. The second kappa shape index (κ2) is 7.36. The summed E-state index contributed by atoms with van der Waals surface area (Å²) >= 11 is 0. The Morgan fingerprint density at radius 1 is 1.27 bits per heavy atom. The van der Waals surface area contributed by atoms with Gasteiger partial charge in [-0.2, -0.15) is 0 Å². The monoisotopic (exact) mass is 357 g/mol. The largest absolute Gasteiger partial charge is 0.497 e. The third-order valence-corrected chi connectivity index (χ3v) is 4.56. The number of carbonyl (C=O) groups is 1. The number of hydrogen-bond acceptors (Lipinski definition) is 3. The van der Waals surface area contributed by atoms with Crippen molar-refractivity contribution in [1.82, 2.24) is 5.32 Å². The molecule has 0 saturated carbocycles. The van der Waals surface area contributed by atoms with E-state index in [1.54, 1.807) is 19.2 Å². The van der Waals surface area contributed by atoms with Gasteiger partial charge in [-0.3, -0.25) is 4.79 Å². The summed E-state index contributed by atoms with van der Waals surface area (Å²) in [6.45, 7) is 4.02. The molecule has 0 saturated heterocycles. The number of fused-ring (bicyclic) bond motifs is 1. The summed E-state index contributed by atoms with van der Waals surface area (Å²) in [5.74, 6) is 1.20. The zero-order chi connectivity index (χ0) is 18.7. The first-order valence-corrected chi connectivity index (χ1v) is 8.77. The molecule has 1 aliphatic rings. The average molecular weight is 357 g/mol. The summed E-state index contributed by atoms with van der Waals surface area (Å²) < 4.78 is 24.3. The Morgan fingerprint density at radius 2 is 2.00 bits per heavy atom. The van der Waals surface area contributed by atoms with Gasteiger partial charge in [-0.05, 0) is 56.2 Å². The van der Waals surface area contributed by atoms with Gasteiger partial charge in [0.2, 0.25) is 5.91 Å². The number of benzene rings is 2. The topological polar surface area (TPSA) is 47.6 Å². The van der Waals surface area contributed by atoms with Crippen molar-refractivity contribution in [3.8, 4) is 11.5 Å². The van der Waals surface area contributed by atoms with E-state index in [4.69, 9.17) is 9.47 Å². The lowest BCUT2D eigenvalue weighted by Crippen LogP contribution is -2.41. The summed E-state index contributed by atoms with van der Waals surface area (Å²) in [5, 5.41) is 3.12. The highest BCUT2D eigenvalue weighted by Gasteiger charge is 2.34. The molecule has 1 amide bonds. The molecule has 3 rings (SSSR count). The van der Waals surface area contributed by atoms with Crippen molar-refractivity contribution in [3.63, 3.8) is 0 Å². The molecular weight excluding hydrogens is 333 g/mol. The number of hydrogen-bond donors (Lipinski definition) is 1. The number of amides is 1. The smallest absolute Gasteiger partial charge is 0.220 e. The van der Waals surface area contributed by atoms with E-state index in [9.17, 15) is 9.18 Å². The van der Waals surface area contributed by atoms with Gasteiger partial charge in [0.15, 0.2) is 0 Å². The Bertz CT molecular complexity index is 786. The van der Waals surface area contributed by atoms with Crippen LogP contribution in [0, 0.1) is 5.82 Å². The zero-order valence-electron chi connectivity index (χ0n) is 15.3. The van der Waals surface area contributed by atoms with Crippen molar-refractivity contribution < 1.29 is 18.7 Å². The molecule has 0 aromatic heterocycles. The Kier molecular flexibility index (Phi) is 5.16. The number of aryl methyl sites for hydroxylation is 1. The normalized spacial score (nSPS) is 17.8. The van der Waals surface area contributed by atoms with Crippen LogP contribution in [0.4, 0.5) is 4.39 Å². The molecule has 2 aromatic rings. The zero-order valence-corrected chi connectivity index (χ0v) is 15.3. The van der Waals surface area contributed by atoms with Gasteiger partial charge in [0.25, 0.3) is 0 Å². The maximum atomic E-state index is 13.0. The van der Waals surface area contributed by atoms with Crippen LogP contribution in [0.25, 0.3) is 0 Å². The Hall–Kier alpha value is -2.56. The number of rotatable bonds is 5. The van der Waals surface area contributed by atoms with Crippen LogP contribution in [0.2, 0.25) is 0 Å². The van der Waals surface area contributed by atoms with Gasteiger partial charge < -0.3 is 14.8 Å². The van der Waals surface area contributed by atoms with Crippen LogP contribution in [0.3, 0.4) is 0 Å². The van der Waals surface area contributed by atoms with E-state index in [1.807, 2.05) is 32.0 Å². The molecule has 5 heteroatoms. The summed E-state index contributed by atoms with van der Waals surface area (Å²) in [6.07, 6.45) is 1.60. The SMILES string of the molecule is COc1ccc2c(c1)[C@@H](NC(=O)CCc1ccc(F)cc1)CC(C)(C)O2. The van der Waals surface area contributed by atoms with Crippen LogP contribution >= 0.6 is 0 Å². The number of ether oxygens (including phenoxy) is 2. The lowest BCUT2D eigenvalue weighted by molar-refractivity contribution is -0.122. The van der Waals surface area contributed by atoms with Gasteiger partial charge in [-0.1, -0.05) is 12.1 Å². The number of carbonyl (C=O) groups excluding carboxylic acids is 1. The van der Waals surface area contributed by atoms with Gasteiger partial charge in [-0.15, -0.1) is 0 Å². The fourth-order valence-electron chi connectivity index (χ4n) is 3.26. The number of nitrogens with one attached hydrogen (secondary N) is 1. The summed E-state index contributed by atoms with van der Waals surface area (Å²) in [7, 11) is 1.62. The predicted molar refractivity (Wildman–Crippen MR) is 97.9 cm³/mol. The molecule has 2 aromatic carbocycles. The number of halogens is 1.